The number of likely N-dealkylation sites (tertiary alicyclic amines) is 1. The van der Waals surface area contributed by atoms with E-state index in [1.165, 1.54) is 35.4 Å². The van der Waals surface area contributed by atoms with Crippen LogP contribution in [0.5, 0.6) is 11.5 Å². The molecule has 182 valence electrons. The Morgan fingerprint density at radius 3 is 2.66 bits per heavy atom. The van der Waals surface area contributed by atoms with E-state index < -0.39 is 24.1 Å². The number of hydrogen-bond acceptors (Lipinski definition) is 5. The van der Waals surface area contributed by atoms with Crippen LogP contribution in [0.4, 0.5) is 17.6 Å². The molecule has 3 aromatic rings. The summed E-state index contributed by atoms with van der Waals surface area (Å²) in [4.78, 5) is 25.7. The van der Waals surface area contributed by atoms with Crippen LogP contribution in [0.25, 0.3) is 11.1 Å². The average Bonchev–Trinajstić information content (AvgIpc) is 3.29. The topological polar surface area (TPSA) is 73.7 Å². The van der Waals surface area contributed by atoms with Gasteiger partial charge in [0.25, 0.3) is 5.91 Å². The highest BCUT2D eigenvalue weighted by Gasteiger charge is 2.34. The predicted octanol–water partition coefficient (Wildman–Crippen LogP) is 3.88. The van der Waals surface area contributed by atoms with Crippen molar-refractivity contribution < 1.29 is 36.6 Å². The number of ether oxygens (including phenoxy) is 2. The third-order valence-electron chi connectivity index (χ3n) is 5.94. The Morgan fingerprint density at radius 1 is 1.14 bits per heavy atom. The van der Waals surface area contributed by atoms with Crippen LogP contribution in [0.15, 0.2) is 42.7 Å². The summed E-state index contributed by atoms with van der Waals surface area (Å²) in [6.45, 7) is -2.15. The second-order valence-electron chi connectivity index (χ2n) is 8.46. The van der Waals surface area contributed by atoms with Gasteiger partial charge in [-0.05, 0) is 23.8 Å². The predicted molar refractivity (Wildman–Crippen MR) is 114 cm³/mol. The lowest BCUT2D eigenvalue weighted by Gasteiger charge is -2.39. The van der Waals surface area contributed by atoms with Crippen molar-refractivity contribution in [2.75, 3.05) is 26.3 Å². The van der Waals surface area contributed by atoms with Crippen molar-refractivity contribution in [1.82, 2.24) is 14.7 Å². The van der Waals surface area contributed by atoms with E-state index in [-0.39, 0.29) is 48.4 Å². The molecule has 1 amide bonds. The lowest BCUT2D eigenvalue weighted by Crippen LogP contribution is -2.52. The zero-order chi connectivity index (χ0) is 24.7. The van der Waals surface area contributed by atoms with Crippen LogP contribution in [0, 0.1) is 17.6 Å². The number of alkyl halides is 2. The van der Waals surface area contributed by atoms with E-state index in [1.807, 2.05) is 0 Å². The van der Waals surface area contributed by atoms with Crippen LogP contribution < -0.4 is 9.47 Å². The smallest absolute Gasteiger partial charge is 0.333 e. The van der Waals surface area contributed by atoms with Gasteiger partial charge in [-0.2, -0.15) is 13.9 Å². The van der Waals surface area contributed by atoms with Crippen LogP contribution in [0.1, 0.15) is 22.5 Å². The van der Waals surface area contributed by atoms with Gasteiger partial charge in [-0.1, -0.05) is 6.07 Å². The molecule has 0 N–H and O–H groups in total. The molecule has 1 saturated heterocycles. The Bertz CT molecular complexity index is 1300. The van der Waals surface area contributed by atoms with Gasteiger partial charge in [-0.15, -0.1) is 0 Å². The molecule has 1 aromatic heterocycles. The van der Waals surface area contributed by atoms with E-state index in [9.17, 15) is 27.2 Å². The number of carbonyl (C=O) groups is 2. The maximum Gasteiger partial charge on any atom is 0.333 e. The fourth-order valence-corrected chi connectivity index (χ4v) is 4.07. The maximum atomic E-state index is 14.5. The largest absolute Gasteiger partial charge is 0.490 e. The van der Waals surface area contributed by atoms with Crippen molar-refractivity contribution in [2.24, 2.45) is 5.92 Å². The number of rotatable bonds is 6. The molecule has 2 aromatic carbocycles. The van der Waals surface area contributed by atoms with E-state index in [2.05, 4.69) is 5.10 Å². The molecule has 11 heteroatoms. The Hall–Kier alpha value is -3.89. The number of amides is 1. The highest BCUT2D eigenvalue weighted by Crippen LogP contribution is 2.30. The SMILES string of the molecule is O=C1COc2cc(F)c(C(=O)N3CC(COc4ccc(-c5cnn(C(F)F)c5)cc4F)C3)cc2C1. The molecule has 7 nitrogen and oxygen atoms in total. The summed E-state index contributed by atoms with van der Waals surface area (Å²) in [5.74, 6) is -1.84. The van der Waals surface area contributed by atoms with Crippen molar-refractivity contribution in [1.29, 1.82) is 0 Å². The second kappa shape index (κ2) is 9.05. The zero-order valence-electron chi connectivity index (χ0n) is 18.2. The molecule has 0 radical (unpaired) electrons. The molecular weight excluding hydrogens is 470 g/mol. The summed E-state index contributed by atoms with van der Waals surface area (Å²) in [6.07, 6.45) is 2.43. The van der Waals surface area contributed by atoms with Crippen molar-refractivity contribution in [3.8, 4) is 22.6 Å². The Labute approximate surface area is 196 Å². The van der Waals surface area contributed by atoms with Crippen LogP contribution in [-0.4, -0.2) is 52.7 Å². The van der Waals surface area contributed by atoms with Gasteiger partial charge in [0, 0.05) is 48.8 Å². The van der Waals surface area contributed by atoms with E-state index in [1.54, 1.807) is 0 Å². The van der Waals surface area contributed by atoms with E-state index in [4.69, 9.17) is 9.47 Å². The highest BCUT2D eigenvalue weighted by atomic mass is 19.3. The molecule has 0 spiro atoms. The molecule has 0 unspecified atom stereocenters. The first-order valence-electron chi connectivity index (χ1n) is 10.8. The van der Waals surface area contributed by atoms with E-state index >= 15 is 0 Å². The normalized spacial score (nSPS) is 15.6. The number of benzene rings is 2. The van der Waals surface area contributed by atoms with Crippen molar-refractivity contribution in [3.05, 3.63) is 65.5 Å². The molecule has 0 saturated carbocycles. The summed E-state index contributed by atoms with van der Waals surface area (Å²) in [6, 6.07) is 6.59. The molecule has 0 bridgehead atoms. The molecule has 2 aliphatic heterocycles. The Balaban J connectivity index is 1.17. The van der Waals surface area contributed by atoms with Crippen LogP contribution in [0.3, 0.4) is 0 Å². The average molecular weight is 489 g/mol. The standard InChI is InChI=1S/C24H19F4N3O4/c25-19-6-22-15(3-17(32)12-35-22)4-18(19)23(33)30-8-13(9-30)11-34-21-2-1-14(5-20(21)26)16-7-29-31(10-16)24(27)28/h1-2,4-7,10,13,24H,3,8-9,11-12H2. The number of hydrogen-bond donors (Lipinski definition) is 0. The fourth-order valence-electron chi connectivity index (χ4n) is 4.07. The lowest BCUT2D eigenvalue weighted by atomic mass is 9.97. The number of nitrogens with zero attached hydrogens (tertiary/aromatic N) is 3. The molecular formula is C24H19F4N3O4. The number of aromatic nitrogens is 2. The van der Waals surface area contributed by atoms with Crippen LogP contribution in [-0.2, 0) is 11.2 Å². The summed E-state index contributed by atoms with van der Waals surface area (Å²) < 4.78 is 65.5. The van der Waals surface area contributed by atoms with E-state index in [0.717, 1.165) is 12.3 Å². The first kappa shape index (κ1) is 22.9. The Kier molecular flexibility index (Phi) is 5.91. The van der Waals surface area contributed by atoms with Crippen molar-refractivity contribution in [3.63, 3.8) is 0 Å². The molecule has 35 heavy (non-hydrogen) atoms. The molecule has 3 heterocycles. The minimum atomic E-state index is -2.79. The monoisotopic (exact) mass is 489 g/mol. The number of carbonyl (C=O) groups excluding carboxylic acids is 2. The maximum absolute atomic E-state index is 14.5. The van der Waals surface area contributed by atoms with Crippen LogP contribution >= 0.6 is 0 Å². The first-order chi connectivity index (χ1) is 16.8. The van der Waals surface area contributed by atoms with Crippen molar-refractivity contribution in [2.45, 2.75) is 13.0 Å². The quantitative estimate of drug-likeness (QED) is 0.492. The number of ketones is 1. The van der Waals surface area contributed by atoms with Gasteiger partial charge in [0.05, 0.1) is 18.4 Å². The van der Waals surface area contributed by atoms with E-state index in [0.29, 0.717) is 34.5 Å². The lowest BCUT2D eigenvalue weighted by molar-refractivity contribution is -0.121. The molecule has 2 aliphatic rings. The van der Waals surface area contributed by atoms with Gasteiger partial charge in [0.15, 0.2) is 17.3 Å². The summed E-state index contributed by atoms with van der Waals surface area (Å²) >= 11 is 0. The molecule has 0 atom stereocenters. The number of halogens is 4. The van der Waals surface area contributed by atoms with Crippen molar-refractivity contribution >= 4 is 11.7 Å². The van der Waals surface area contributed by atoms with Gasteiger partial charge in [-0.25, -0.2) is 13.5 Å². The minimum Gasteiger partial charge on any atom is -0.490 e. The second-order valence-corrected chi connectivity index (χ2v) is 8.46. The highest BCUT2D eigenvalue weighted by molar-refractivity contribution is 5.96. The molecule has 0 aliphatic carbocycles. The zero-order valence-corrected chi connectivity index (χ0v) is 18.2. The first-order valence-corrected chi connectivity index (χ1v) is 10.8. The van der Waals surface area contributed by atoms with Gasteiger partial charge in [0.1, 0.15) is 18.2 Å². The van der Waals surface area contributed by atoms with Gasteiger partial charge in [0.2, 0.25) is 0 Å². The summed E-state index contributed by atoms with van der Waals surface area (Å²) in [5, 5.41) is 3.53. The summed E-state index contributed by atoms with van der Waals surface area (Å²) in [5.41, 5.74) is 1.07. The number of fused-ring (bicyclic) bond motifs is 1. The van der Waals surface area contributed by atoms with Gasteiger partial charge < -0.3 is 14.4 Å². The minimum absolute atomic E-state index is 0.00910. The summed E-state index contributed by atoms with van der Waals surface area (Å²) in [7, 11) is 0. The number of Topliss-reactive ketones (excluding diaryl/α,β-unsaturated/α-hetero) is 1. The van der Waals surface area contributed by atoms with Crippen LogP contribution in [0.2, 0.25) is 0 Å². The van der Waals surface area contributed by atoms with Gasteiger partial charge >= 0.3 is 6.55 Å². The molecule has 1 fully saturated rings. The molecule has 5 rings (SSSR count). The third-order valence-corrected chi connectivity index (χ3v) is 5.94. The fraction of sp³-hybridized carbons (Fsp3) is 0.292. The van der Waals surface area contributed by atoms with Gasteiger partial charge in [-0.3, -0.25) is 9.59 Å². The Morgan fingerprint density at radius 2 is 1.94 bits per heavy atom. The third kappa shape index (κ3) is 4.58.